The summed E-state index contributed by atoms with van der Waals surface area (Å²) in [5.74, 6) is 0. The van der Waals surface area contributed by atoms with Gasteiger partial charge in [0.25, 0.3) is 0 Å². The lowest BCUT2D eigenvalue weighted by Gasteiger charge is -2.35. The van der Waals surface area contributed by atoms with Crippen LogP contribution in [0.15, 0.2) is 0 Å². The standard InChI is InChI=1S/C7H14N2S2/c10-11-9-5-4-8-3-1-2-7(8)6-9/h7,10H,1-6H2. The minimum Gasteiger partial charge on any atom is -0.298 e. The molecule has 2 aliphatic heterocycles. The van der Waals surface area contributed by atoms with Gasteiger partial charge in [0.2, 0.25) is 0 Å². The molecule has 2 rings (SSSR count). The first kappa shape index (κ1) is 8.23. The quantitative estimate of drug-likeness (QED) is 0.378. The van der Waals surface area contributed by atoms with Crippen LogP contribution in [0.3, 0.4) is 0 Å². The highest BCUT2D eigenvalue weighted by Gasteiger charge is 2.30. The average molecular weight is 190 g/mol. The number of piperazine rings is 1. The van der Waals surface area contributed by atoms with E-state index in [0.29, 0.717) is 0 Å². The van der Waals surface area contributed by atoms with Gasteiger partial charge in [0.05, 0.1) is 0 Å². The molecule has 2 saturated heterocycles. The number of thiol groups is 1. The summed E-state index contributed by atoms with van der Waals surface area (Å²) in [6.07, 6.45) is 2.79. The van der Waals surface area contributed by atoms with E-state index in [9.17, 15) is 0 Å². The maximum absolute atomic E-state index is 4.22. The SMILES string of the molecule is SSN1CCN2CCCC2C1. The van der Waals surface area contributed by atoms with Crippen molar-refractivity contribution in [3.8, 4) is 0 Å². The molecule has 4 heteroatoms. The fourth-order valence-corrected chi connectivity index (χ4v) is 2.88. The molecule has 0 aromatic rings. The highest BCUT2D eigenvalue weighted by Crippen LogP contribution is 2.25. The predicted molar refractivity (Wildman–Crippen MR) is 52.7 cm³/mol. The molecule has 0 N–H and O–H groups in total. The van der Waals surface area contributed by atoms with Gasteiger partial charge in [0.1, 0.15) is 0 Å². The van der Waals surface area contributed by atoms with Crippen LogP contribution in [0.2, 0.25) is 0 Å². The molecule has 0 amide bonds. The minimum atomic E-state index is 0.836. The summed E-state index contributed by atoms with van der Waals surface area (Å²) in [5.41, 5.74) is 0. The highest BCUT2D eigenvalue weighted by molar-refractivity contribution is 8.67. The van der Waals surface area contributed by atoms with Gasteiger partial charge < -0.3 is 0 Å². The Morgan fingerprint density at radius 3 is 3.00 bits per heavy atom. The molecule has 2 aliphatic rings. The third-order valence-corrected chi connectivity index (χ3v) is 3.92. The first-order chi connectivity index (χ1) is 5.40. The lowest BCUT2D eigenvalue weighted by atomic mass is 10.2. The molecule has 2 nitrogen and oxygen atoms in total. The van der Waals surface area contributed by atoms with Crippen molar-refractivity contribution in [1.29, 1.82) is 0 Å². The lowest BCUT2D eigenvalue weighted by Crippen LogP contribution is -2.47. The van der Waals surface area contributed by atoms with Gasteiger partial charge >= 0.3 is 0 Å². The number of rotatable bonds is 1. The van der Waals surface area contributed by atoms with Crippen LogP contribution in [0.25, 0.3) is 0 Å². The van der Waals surface area contributed by atoms with E-state index in [-0.39, 0.29) is 0 Å². The van der Waals surface area contributed by atoms with Crippen molar-refractivity contribution >= 4 is 22.6 Å². The molecule has 11 heavy (non-hydrogen) atoms. The fraction of sp³-hybridized carbons (Fsp3) is 1.00. The van der Waals surface area contributed by atoms with Crippen molar-refractivity contribution < 1.29 is 0 Å². The molecule has 1 atom stereocenters. The van der Waals surface area contributed by atoms with Gasteiger partial charge in [-0.2, -0.15) is 0 Å². The first-order valence-corrected chi connectivity index (χ1v) is 6.03. The normalized spacial score (nSPS) is 34.1. The summed E-state index contributed by atoms with van der Waals surface area (Å²) in [6, 6.07) is 0.836. The molecule has 2 heterocycles. The van der Waals surface area contributed by atoms with E-state index in [4.69, 9.17) is 0 Å². The second kappa shape index (κ2) is 3.56. The maximum Gasteiger partial charge on any atom is 0.0254 e. The number of hydrogen-bond donors (Lipinski definition) is 1. The third kappa shape index (κ3) is 1.69. The summed E-state index contributed by atoms with van der Waals surface area (Å²) in [6.45, 7) is 4.98. The second-order valence-electron chi connectivity index (χ2n) is 3.30. The van der Waals surface area contributed by atoms with Crippen LogP contribution >= 0.6 is 22.6 Å². The summed E-state index contributed by atoms with van der Waals surface area (Å²) < 4.78 is 2.36. The Bertz CT molecular complexity index is 142. The zero-order valence-corrected chi connectivity index (χ0v) is 8.28. The molecule has 0 aromatic heterocycles. The van der Waals surface area contributed by atoms with E-state index >= 15 is 0 Å². The van der Waals surface area contributed by atoms with Gasteiger partial charge in [-0.15, -0.1) is 0 Å². The Morgan fingerprint density at radius 2 is 2.18 bits per heavy atom. The fourth-order valence-electron chi connectivity index (χ4n) is 2.04. The van der Waals surface area contributed by atoms with Crippen LogP contribution in [0.1, 0.15) is 12.8 Å². The predicted octanol–water partition coefficient (Wildman–Crippen LogP) is 1.26. The first-order valence-electron chi connectivity index (χ1n) is 4.20. The zero-order valence-electron chi connectivity index (χ0n) is 6.57. The van der Waals surface area contributed by atoms with E-state index in [1.807, 2.05) is 0 Å². The van der Waals surface area contributed by atoms with E-state index < -0.39 is 0 Å². The molecular formula is C7H14N2S2. The Labute approximate surface area is 77.3 Å². The van der Waals surface area contributed by atoms with Gasteiger partial charge in [-0.25, -0.2) is 4.31 Å². The van der Waals surface area contributed by atoms with Crippen molar-refractivity contribution in [3.05, 3.63) is 0 Å². The molecule has 0 saturated carbocycles. The number of hydrogen-bond acceptors (Lipinski definition) is 4. The van der Waals surface area contributed by atoms with Gasteiger partial charge in [0.15, 0.2) is 0 Å². The second-order valence-corrected chi connectivity index (χ2v) is 4.47. The minimum absolute atomic E-state index is 0.836. The number of fused-ring (bicyclic) bond motifs is 1. The molecule has 0 aromatic carbocycles. The molecule has 2 fully saturated rings. The lowest BCUT2D eigenvalue weighted by molar-refractivity contribution is 0.167. The molecule has 0 bridgehead atoms. The summed E-state index contributed by atoms with van der Waals surface area (Å²) in [5, 5.41) is 0. The van der Waals surface area contributed by atoms with Crippen molar-refractivity contribution in [2.24, 2.45) is 0 Å². The van der Waals surface area contributed by atoms with Gasteiger partial charge in [-0.05, 0) is 30.4 Å². The molecule has 0 radical (unpaired) electrons. The monoisotopic (exact) mass is 190 g/mol. The van der Waals surface area contributed by atoms with Crippen LogP contribution in [0, 0.1) is 0 Å². The Kier molecular flexibility index (Phi) is 2.66. The van der Waals surface area contributed by atoms with Gasteiger partial charge in [-0.1, -0.05) is 11.7 Å². The molecule has 0 spiro atoms. The third-order valence-electron chi connectivity index (χ3n) is 2.67. The van der Waals surface area contributed by atoms with Crippen molar-refractivity contribution in [1.82, 2.24) is 9.21 Å². The zero-order chi connectivity index (χ0) is 7.68. The highest BCUT2D eigenvalue weighted by atomic mass is 33.1. The van der Waals surface area contributed by atoms with E-state index in [0.717, 1.165) is 6.04 Å². The van der Waals surface area contributed by atoms with Crippen molar-refractivity contribution in [2.75, 3.05) is 26.2 Å². The summed E-state index contributed by atoms with van der Waals surface area (Å²) >= 11 is 4.22. The Balaban J connectivity index is 1.91. The number of nitrogens with zero attached hydrogens (tertiary/aromatic N) is 2. The van der Waals surface area contributed by atoms with Gasteiger partial charge in [-0.3, -0.25) is 4.90 Å². The maximum atomic E-state index is 4.22. The van der Waals surface area contributed by atoms with E-state index in [2.05, 4.69) is 20.9 Å². The molecule has 0 aliphatic carbocycles. The van der Waals surface area contributed by atoms with Crippen LogP contribution in [0.5, 0.6) is 0 Å². The van der Waals surface area contributed by atoms with Gasteiger partial charge in [0, 0.05) is 25.7 Å². The van der Waals surface area contributed by atoms with E-state index in [1.165, 1.54) is 39.0 Å². The van der Waals surface area contributed by atoms with Crippen molar-refractivity contribution in [3.63, 3.8) is 0 Å². The molecule has 1 unspecified atom stereocenters. The van der Waals surface area contributed by atoms with Crippen molar-refractivity contribution in [2.45, 2.75) is 18.9 Å². The largest absolute Gasteiger partial charge is 0.298 e. The van der Waals surface area contributed by atoms with Crippen LogP contribution < -0.4 is 0 Å². The molecule has 64 valence electrons. The van der Waals surface area contributed by atoms with E-state index in [1.54, 1.807) is 11.0 Å². The topological polar surface area (TPSA) is 6.48 Å². The summed E-state index contributed by atoms with van der Waals surface area (Å²) in [7, 11) is 1.60. The Morgan fingerprint density at radius 1 is 1.27 bits per heavy atom. The summed E-state index contributed by atoms with van der Waals surface area (Å²) in [4.78, 5) is 2.61. The average Bonchev–Trinajstić information content (AvgIpc) is 2.50. The smallest absolute Gasteiger partial charge is 0.0254 e. The Hall–Kier alpha value is 0.620. The van der Waals surface area contributed by atoms with Crippen LogP contribution in [-0.2, 0) is 0 Å². The van der Waals surface area contributed by atoms with Crippen LogP contribution in [-0.4, -0.2) is 41.4 Å². The molecular weight excluding hydrogens is 176 g/mol. The van der Waals surface area contributed by atoms with Crippen LogP contribution in [0.4, 0.5) is 0 Å².